The summed E-state index contributed by atoms with van der Waals surface area (Å²) in [7, 11) is 0. The Morgan fingerprint density at radius 3 is 2.73 bits per heavy atom. The van der Waals surface area contributed by atoms with Crippen LogP contribution in [-0.2, 0) is 9.53 Å². The first-order valence-corrected chi connectivity index (χ1v) is 7.16. The van der Waals surface area contributed by atoms with Crippen LogP contribution >= 0.6 is 11.3 Å². The van der Waals surface area contributed by atoms with E-state index in [4.69, 9.17) is 0 Å². The van der Waals surface area contributed by atoms with Gasteiger partial charge in [-0.2, -0.15) is 13.2 Å². The molecule has 22 heavy (non-hydrogen) atoms. The Morgan fingerprint density at radius 2 is 2.23 bits per heavy atom. The van der Waals surface area contributed by atoms with Gasteiger partial charge in [-0.3, -0.25) is 4.79 Å². The fourth-order valence-corrected chi connectivity index (χ4v) is 3.06. The van der Waals surface area contributed by atoms with Crippen LogP contribution in [0.4, 0.5) is 18.0 Å². The molecule has 10 heteroatoms. The van der Waals surface area contributed by atoms with E-state index in [0.717, 1.165) is 11.3 Å². The number of hydrogen-bond acceptors (Lipinski definition) is 5. The van der Waals surface area contributed by atoms with Crippen LogP contribution in [-0.4, -0.2) is 35.6 Å². The van der Waals surface area contributed by atoms with Crippen molar-refractivity contribution in [2.45, 2.75) is 24.9 Å². The molecule has 0 saturated carbocycles. The normalized spacial score (nSPS) is 28.7. The fraction of sp³-hybridized carbons (Fsp3) is 0.500. The minimum Gasteiger partial charge on any atom is -0.466 e. The molecule has 1 fully saturated rings. The van der Waals surface area contributed by atoms with Gasteiger partial charge in [0.1, 0.15) is 5.92 Å². The maximum Gasteiger partial charge on any atom is 0.437 e. The summed E-state index contributed by atoms with van der Waals surface area (Å²) in [5.41, 5.74) is -3.71. The van der Waals surface area contributed by atoms with Crippen molar-refractivity contribution in [1.29, 1.82) is 0 Å². The van der Waals surface area contributed by atoms with Gasteiger partial charge in [0.15, 0.2) is 0 Å². The summed E-state index contributed by atoms with van der Waals surface area (Å²) in [5.74, 6) is -3.32. The van der Waals surface area contributed by atoms with E-state index >= 15 is 0 Å². The van der Waals surface area contributed by atoms with Crippen molar-refractivity contribution in [3.05, 3.63) is 22.4 Å². The number of esters is 1. The van der Waals surface area contributed by atoms with E-state index in [0.29, 0.717) is 4.88 Å². The first-order valence-electron chi connectivity index (χ1n) is 6.28. The van der Waals surface area contributed by atoms with E-state index in [1.165, 1.54) is 18.3 Å². The Hall–Kier alpha value is -1.81. The molecule has 0 bridgehead atoms. The Balaban J connectivity index is 2.51. The first kappa shape index (κ1) is 16.6. The molecule has 1 aromatic rings. The number of aliphatic hydroxyl groups is 1. The molecule has 1 aliphatic rings. The number of nitrogens with one attached hydrogen (secondary N) is 2. The Bertz CT molecular complexity index is 563. The number of carbonyl (C=O) groups excluding carboxylic acids is 2. The summed E-state index contributed by atoms with van der Waals surface area (Å²) < 4.78 is 44.5. The average Bonchev–Trinajstić information content (AvgIpc) is 2.90. The van der Waals surface area contributed by atoms with E-state index in [1.807, 2.05) is 0 Å². The van der Waals surface area contributed by atoms with Crippen molar-refractivity contribution < 1.29 is 32.6 Å². The van der Waals surface area contributed by atoms with Crippen molar-refractivity contribution in [1.82, 2.24) is 10.6 Å². The molecular formula is C12H13F3N2O4S. The van der Waals surface area contributed by atoms with Gasteiger partial charge in [-0.1, -0.05) is 6.07 Å². The maximum atomic E-state index is 13.3. The second-order valence-corrected chi connectivity index (χ2v) is 5.56. The Morgan fingerprint density at radius 1 is 1.55 bits per heavy atom. The Labute approximate surface area is 127 Å². The highest BCUT2D eigenvalue weighted by Crippen LogP contribution is 2.43. The number of amides is 2. The summed E-state index contributed by atoms with van der Waals surface area (Å²) in [6.07, 6.45) is -5.25. The molecule has 2 heterocycles. The number of rotatable bonds is 3. The third-order valence-electron chi connectivity index (χ3n) is 3.20. The molecule has 0 unspecified atom stereocenters. The third-order valence-corrected chi connectivity index (χ3v) is 4.15. The maximum absolute atomic E-state index is 13.3. The molecule has 6 nitrogen and oxygen atoms in total. The highest BCUT2D eigenvalue weighted by molar-refractivity contribution is 7.10. The monoisotopic (exact) mass is 338 g/mol. The molecule has 0 aliphatic carbocycles. The number of carbonyl (C=O) groups is 2. The predicted octanol–water partition coefficient (Wildman–Crippen LogP) is 1.53. The van der Waals surface area contributed by atoms with Crippen LogP contribution < -0.4 is 10.6 Å². The van der Waals surface area contributed by atoms with E-state index < -0.39 is 35.9 Å². The zero-order valence-electron chi connectivity index (χ0n) is 11.3. The first-order chi connectivity index (χ1) is 10.2. The largest absolute Gasteiger partial charge is 0.466 e. The van der Waals surface area contributed by atoms with Crippen LogP contribution in [0.3, 0.4) is 0 Å². The number of alkyl halides is 3. The van der Waals surface area contributed by atoms with Gasteiger partial charge >= 0.3 is 18.2 Å². The Kier molecular flexibility index (Phi) is 4.34. The molecule has 0 aromatic carbocycles. The van der Waals surface area contributed by atoms with Gasteiger partial charge in [-0.15, -0.1) is 11.3 Å². The lowest BCUT2D eigenvalue weighted by atomic mass is 9.84. The summed E-state index contributed by atoms with van der Waals surface area (Å²) >= 11 is 1.05. The number of thiophene rings is 1. The SMILES string of the molecule is CCOC(=O)[C@H]1[C@@H](c2cccs2)NC(=O)N[C@]1(O)C(F)(F)F. The lowest BCUT2D eigenvalue weighted by Gasteiger charge is -2.43. The van der Waals surface area contributed by atoms with Crippen LogP contribution in [0.15, 0.2) is 17.5 Å². The minimum absolute atomic E-state index is 0.158. The van der Waals surface area contributed by atoms with Crippen molar-refractivity contribution in [3.63, 3.8) is 0 Å². The van der Waals surface area contributed by atoms with Gasteiger partial charge in [-0.25, -0.2) is 4.79 Å². The smallest absolute Gasteiger partial charge is 0.437 e. The van der Waals surface area contributed by atoms with Crippen LogP contribution in [0.5, 0.6) is 0 Å². The molecular weight excluding hydrogens is 325 g/mol. The fourth-order valence-electron chi connectivity index (χ4n) is 2.24. The van der Waals surface area contributed by atoms with Gasteiger partial charge in [0, 0.05) is 4.88 Å². The van der Waals surface area contributed by atoms with Gasteiger partial charge in [-0.05, 0) is 18.4 Å². The topological polar surface area (TPSA) is 87.7 Å². The standard InChI is InChI=1S/C12H13F3N2O4S/c1-2-21-9(18)7-8(6-4-3-5-22-6)16-10(19)17-11(7,20)12(13,14)15/h3-5,7-8,20H,2H2,1H3,(H2,16,17,19)/t7-,8-,11-/m1/s1. The zero-order valence-corrected chi connectivity index (χ0v) is 12.1. The number of ether oxygens (including phenoxy) is 1. The van der Waals surface area contributed by atoms with Crippen molar-refractivity contribution in [2.24, 2.45) is 5.92 Å². The second kappa shape index (κ2) is 5.76. The van der Waals surface area contributed by atoms with Crippen LogP contribution in [0.25, 0.3) is 0 Å². The van der Waals surface area contributed by atoms with Crippen LogP contribution in [0.2, 0.25) is 0 Å². The highest BCUT2D eigenvalue weighted by Gasteiger charge is 2.67. The summed E-state index contributed by atoms with van der Waals surface area (Å²) in [6, 6.07) is 0.450. The molecule has 1 aromatic heterocycles. The average molecular weight is 338 g/mol. The molecule has 2 rings (SSSR count). The van der Waals surface area contributed by atoms with Crippen molar-refractivity contribution in [2.75, 3.05) is 6.61 Å². The van der Waals surface area contributed by atoms with E-state index in [1.54, 1.807) is 11.4 Å². The lowest BCUT2D eigenvalue weighted by Crippen LogP contribution is -2.73. The van der Waals surface area contributed by atoms with Crippen LogP contribution in [0.1, 0.15) is 17.8 Å². The molecule has 3 N–H and O–H groups in total. The van der Waals surface area contributed by atoms with E-state index in [-0.39, 0.29) is 6.61 Å². The van der Waals surface area contributed by atoms with Crippen molar-refractivity contribution >= 4 is 23.3 Å². The van der Waals surface area contributed by atoms with Gasteiger partial charge in [0.05, 0.1) is 12.6 Å². The molecule has 2 amide bonds. The molecule has 1 aliphatic heterocycles. The van der Waals surface area contributed by atoms with Gasteiger partial charge in [0.25, 0.3) is 5.72 Å². The molecule has 0 spiro atoms. The number of hydrogen-bond donors (Lipinski definition) is 3. The van der Waals surface area contributed by atoms with Gasteiger partial charge < -0.3 is 20.5 Å². The number of halogens is 3. The van der Waals surface area contributed by atoms with E-state index in [9.17, 15) is 27.9 Å². The van der Waals surface area contributed by atoms with Crippen LogP contribution in [0, 0.1) is 5.92 Å². The predicted molar refractivity (Wildman–Crippen MR) is 69.9 cm³/mol. The van der Waals surface area contributed by atoms with Gasteiger partial charge in [0.2, 0.25) is 0 Å². The van der Waals surface area contributed by atoms with Crippen molar-refractivity contribution in [3.8, 4) is 0 Å². The molecule has 0 radical (unpaired) electrons. The molecule has 122 valence electrons. The summed E-state index contributed by atoms with van der Waals surface area (Å²) in [5, 5.41) is 15.2. The minimum atomic E-state index is -5.25. The highest BCUT2D eigenvalue weighted by atomic mass is 32.1. The summed E-state index contributed by atoms with van der Waals surface area (Å²) in [4.78, 5) is 23.8. The van der Waals surface area contributed by atoms with E-state index in [2.05, 4.69) is 10.1 Å². The zero-order chi connectivity index (χ0) is 16.5. The molecule has 1 saturated heterocycles. The summed E-state index contributed by atoms with van der Waals surface area (Å²) in [6.45, 7) is 1.27. The lowest BCUT2D eigenvalue weighted by molar-refractivity contribution is -0.294. The second-order valence-electron chi connectivity index (χ2n) is 4.59. The number of urea groups is 1. The quantitative estimate of drug-likeness (QED) is 0.730. The third kappa shape index (κ3) is 2.75. The molecule has 3 atom stereocenters.